The monoisotopic (exact) mass is 289 g/mol. The number of benzene rings is 2. The molecule has 0 saturated carbocycles. The molecule has 0 spiro atoms. The van der Waals surface area contributed by atoms with Gasteiger partial charge in [-0.3, -0.25) is 9.63 Å². The van der Waals surface area contributed by atoms with Crippen LogP contribution in [0, 0.1) is 5.82 Å². The molecular formula is C16H16FNO3. The number of carbonyl (C=O) groups is 1. The molecule has 1 amide bonds. The minimum Gasteiger partial charge on any atom is -0.493 e. The average molecular weight is 289 g/mol. The Kier molecular flexibility index (Phi) is 5.72. The normalized spacial score (nSPS) is 10.1. The number of hydrogen-bond acceptors (Lipinski definition) is 3. The number of ether oxygens (including phenoxy) is 1. The van der Waals surface area contributed by atoms with Crippen molar-refractivity contribution in [1.29, 1.82) is 0 Å². The average Bonchev–Trinajstić information content (AvgIpc) is 2.50. The summed E-state index contributed by atoms with van der Waals surface area (Å²) >= 11 is 0. The first-order chi connectivity index (χ1) is 10.2. The van der Waals surface area contributed by atoms with Gasteiger partial charge in [-0.25, -0.2) is 9.87 Å². The number of carbonyl (C=O) groups excluding carboxylic acids is 1. The molecular weight excluding hydrogens is 273 g/mol. The Morgan fingerprint density at radius 3 is 2.48 bits per heavy atom. The van der Waals surface area contributed by atoms with E-state index < -0.39 is 0 Å². The lowest BCUT2D eigenvalue weighted by Crippen LogP contribution is -2.25. The summed E-state index contributed by atoms with van der Waals surface area (Å²) in [5.74, 6) is -0.0724. The minimum atomic E-state index is -0.325. The lowest BCUT2D eigenvalue weighted by atomic mass is 10.2. The molecule has 1 N–H and O–H groups in total. The summed E-state index contributed by atoms with van der Waals surface area (Å²) in [4.78, 5) is 16.6. The Morgan fingerprint density at radius 1 is 1.05 bits per heavy atom. The van der Waals surface area contributed by atoms with Crippen molar-refractivity contribution >= 4 is 5.91 Å². The van der Waals surface area contributed by atoms with Gasteiger partial charge in [0.25, 0.3) is 0 Å². The smallest absolute Gasteiger partial charge is 0.246 e. The standard InChI is InChI=1S/C16H16FNO3/c17-14-6-8-15(9-7-14)20-11-10-16(19)18-21-12-13-4-2-1-3-5-13/h1-9H,10-12H2,(H,18,19). The van der Waals surface area contributed by atoms with Crippen LogP contribution in [0.4, 0.5) is 4.39 Å². The van der Waals surface area contributed by atoms with Crippen LogP contribution in [0.15, 0.2) is 54.6 Å². The van der Waals surface area contributed by atoms with E-state index in [2.05, 4.69) is 5.48 Å². The molecule has 0 bridgehead atoms. The van der Waals surface area contributed by atoms with Crippen LogP contribution >= 0.6 is 0 Å². The third kappa shape index (κ3) is 5.62. The van der Waals surface area contributed by atoms with E-state index in [-0.39, 0.29) is 24.8 Å². The highest BCUT2D eigenvalue weighted by Gasteiger charge is 2.02. The highest BCUT2D eigenvalue weighted by atomic mass is 19.1. The van der Waals surface area contributed by atoms with Crippen LogP contribution < -0.4 is 10.2 Å². The lowest BCUT2D eigenvalue weighted by Gasteiger charge is -2.07. The molecule has 0 aromatic heterocycles. The van der Waals surface area contributed by atoms with E-state index in [1.54, 1.807) is 0 Å². The summed E-state index contributed by atoms with van der Waals surface area (Å²) < 4.78 is 18.0. The molecule has 0 saturated heterocycles. The van der Waals surface area contributed by atoms with E-state index >= 15 is 0 Å². The highest BCUT2D eigenvalue weighted by molar-refractivity contribution is 5.74. The van der Waals surface area contributed by atoms with Gasteiger partial charge in [0.05, 0.1) is 19.6 Å². The van der Waals surface area contributed by atoms with Crippen molar-refractivity contribution in [3.8, 4) is 5.75 Å². The summed E-state index contributed by atoms with van der Waals surface area (Å²) in [5, 5.41) is 0. The highest BCUT2D eigenvalue weighted by Crippen LogP contribution is 2.11. The second-order valence-electron chi connectivity index (χ2n) is 4.35. The molecule has 21 heavy (non-hydrogen) atoms. The first kappa shape index (κ1) is 15.0. The molecule has 0 aliphatic rings. The van der Waals surface area contributed by atoms with Gasteiger partial charge < -0.3 is 4.74 Å². The van der Waals surface area contributed by atoms with Crippen LogP contribution in [0.2, 0.25) is 0 Å². The summed E-state index contributed by atoms with van der Waals surface area (Å²) in [6, 6.07) is 15.2. The van der Waals surface area contributed by atoms with Gasteiger partial charge in [-0.1, -0.05) is 30.3 Å². The van der Waals surface area contributed by atoms with E-state index in [0.29, 0.717) is 12.4 Å². The Morgan fingerprint density at radius 2 is 1.76 bits per heavy atom. The van der Waals surface area contributed by atoms with Gasteiger partial charge in [0.1, 0.15) is 11.6 Å². The second kappa shape index (κ2) is 8.01. The SMILES string of the molecule is O=C(CCOc1ccc(F)cc1)NOCc1ccccc1. The van der Waals surface area contributed by atoms with Crippen molar-refractivity contribution < 1.29 is 18.8 Å². The quantitative estimate of drug-likeness (QED) is 0.797. The zero-order chi connectivity index (χ0) is 14.9. The molecule has 5 heteroatoms. The molecule has 2 rings (SSSR count). The predicted octanol–water partition coefficient (Wildman–Crippen LogP) is 2.84. The van der Waals surface area contributed by atoms with Crippen molar-refractivity contribution in [3.05, 3.63) is 66.0 Å². The zero-order valence-electron chi connectivity index (χ0n) is 11.4. The van der Waals surface area contributed by atoms with Crippen LogP contribution in [0.5, 0.6) is 5.75 Å². The summed E-state index contributed by atoms with van der Waals surface area (Å²) in [5.41, 5.74) is 3.32. The zero-order valence-corrected chi connectivity index (χ0v) is 11.4. The van der Waals surface area contributed by atoms with E-state index in [1.807, 2.05) is 30.3 Å². The Bertz CT molecular complexity index is 557. The topological polar surface area (TPSA) is 47.6 Å². The van der Waals surface area contributed by atoms with E-state index in [1.165, 1.54) is 24.3 Å². The third-order valence-electron chi connectivity index (χ3n) is 2.68. The molecule has 0 aliphatic carbocycles. The molecule has 2 aromatic carbocycles. The van der Waals surface area contributed by atoms with E-state index in [4.69, 9.17) is 9.57 Å². The van der Waals surface area contributed by atoms with Crippen LogP contribution in [0.25, 0.3) is 0 Å². The fourth-order valence-electron chi connectivity index (χ4n) is 1.62. The number of amides is 1. The maximum Gasteiger partial charge on any atom is 0.246 e. The maximum absolute atomic E-state index is 12.7. The van der Waals surface area contributed by atoms with Gasteiger partial charge in [-0.2, -0.15) is 0 Å². The van der Waals surface area contributed by atoms with Gasteiger partial charge in [-0.05, 0) is 29.8 Å². The Labute approximate surface area is 122 Å². The molecule has 0 atom stereocenters. The van der Waals surface area contributed by atoms with Crippen molar-refractivity contribution in [3.63, 3.8) is 0 Å². The third-order valence-corrected chi connectivity index (χ3v) is 2.68. The lowest BCUT2D eigenvalue weighted by molar-refractivity contribution is -0.135. The molecule has 2 aromatic rings. The summed E-state index contributed by atoms with van der Waals surface area (Å²) in [6.07, 6.45) is 0.159. The molecule has 4 nitrogen and oxygen atoms in total. The summed E-state index contributed by atoms with van der Waals surface area (Å²) in [6.45, 7) is 0.511. The minimum absolute atomic E-state index is 0.159. The number of rotatable bonds is 7. The van der Waals surface area contributed by atoms with Gasteiger partial charge in [0, 0.05) is 0 Å². The van der Waals surface area contributed by atoms with Crippen molar-refractivity contribution in [2.45, 2.75) is 13.0 Å². The van der Waals surface area contributed by atoms with Crippen LogP contribution in [0.1, 0.15) is 12.0 Å². The van der Waals surface area contributed by atoms with Gasteiger partial charge in [0.2, 0.25) is 5.91 Å². The van der Waals surface area contributed by atoms with Crippen LogP contribution in [-0.2, 0) is 16.2 Å². The maximum atomic E-state index is 12.7. The largest absolute Gasteiger partial charge is 0.493 e. The molecule has 0 aliphatic heterocycles. The fourth-order valence-corrected chi connectivity index (χ4v) is 1.62. The Hall–Kier alpha value is -2.40. The van der Waals surface area contributed by atoms with Crippen molar-refractivity contribution in [1.82, 2.24) is 5.48 Å². The molecule has 0 unspecified atom stereocenters. The van der Waals surface area contributed by atoms with Gasteiger partial charge in [-0.15, -0.1) is 0 Å². The second-order valence-corrected chi connectivity index (χ2v) is 4.35. The van der Waals surface area contributed by atoms with Gasteiger partial charge >= 0.3 is 0 Å². The Balaban J connectivity index is 1.60. The summed E-state index contributed by atoms with van der Waals surface area (Å²) in [7, 11) is 0. The molecule has 0 fully saturated rings. The molecule has 110 valence electrons. The first-order valence-corrected chi connectivity index (χ1v) is 6.57. The van der Waals surface area contributed by atoms with Crippen molar-refractivity contribution in [2.24, 2.45) is 0 Å². The van der Waals surface area contributed by atoms with Crippen LogP contribution in [-0.4, -0.2) is 12.5 Å². The first-order valence-electron chi connectivity index (χ1n) is 6.57. The predicted molar refractivity (Wildman–Crippen MR) is 75.9 cm³/mol. The molecule has 0 heterocycles. The number of halogens is 1. The fraction of sp³-hybridized carbons (Fsp3) is 0.188. The van der Waals surface area contributed by atoms with Crippen LogP contribution in [0.3, 0.4) is 0 Å². The number of nitrogens with one attached hydrogen (secondary N) is 1. The van der Waals surface area contributed by atoms with E-state index in [9.17, 15) is 9.18 Å². The van der Waals surface area contributed by atoms with Gasteiger partial charge in [0.15, 0.2) is 0 Å². The van der Waals surface area contributed by atoms with Crippen molar-refractivity contribution in [2.75, 3.05) is 6.61 Å². The number of hydroxylamine groups is 1. The molecule has 0 radical (unpaired) electrons. The van der Waals surface area contributed by atoms with E-state index in [0.717, 1.165) is 5.56 Å². The number of hydrogen-bond donors (Lipinski definition) is 1.